The Hall–Kier alpha value is -0.0700. The Kier molecular flexibility index (Phi) is 25.2. The number of carbonyl (C=O) groups excluding carboxylic acids is 1. The highest BCUT2D eigenvalue weighted by molar-refractivity contribution is 7.99. The molecule has 0 aliphatic carbocycles. The van der Waals surface area contributed by atoms with Crippen molar-refractivity contribution in [2.45, 2.75) is 148 Å². The molecule has 8 heteroatoms. The molecule has 0 bridgehead atoms. The summed E-state index contributed by atoms with van der Waals surface area (Å²) in [6.45, 7) is 8.41. The summed E-state index contributed by atoms with van der Waals surface area (Å²) in [5.74, 6) is 1.21. The largest absolute Gasteiger partial charge is 0.457 e. The van der Waals surface area contributed by atoms with Crippen LogP contribution in [0.15, 0.2) is 0 Å². The third-order valence-corrected chi connectivity index (χ3v) is 8.86. The fourth-order valence-electron chi connectivity index (χ4n) is 4.04. The van der Waals surface area contributed by atoms with E-state index in [1.54, 1.807) is 13.8 Å². The first-order chi connectivity index (χ1) is 17.4. The minimum Gasteiger partial charge on any atom is -0.457 e. The fraction of sp³-hybridized carbons (Fsp3) is 0.964. The molecule has 0 rings (SSSR count). The molecule has 0 heterocycles. The Morgan fingerprint density at radius 3 is 1.89 bits per heavy atom. The molecule has 0 amide bonds. The lowest BCUT2D eigenvalue weighted by Gasteiger charge is -2.19. The lowest BCUT2D eigenvalue weighted by Crippen LogP contribution is -2.19. The number of unbranched alkanes of at least 4 members (excludes halogenated alkanes) is 13. The summed E-state index contributed by atoms with van der Waals surface area (Å²) in [5.41, 5.74) is -1.20. The van der Waals surface area contributed by atoms with Crippen LogP contribution in [0.5, 0.6) is 0 Å². The van der Waals surface area contributed by atoms with Gasteiger partial charge in [0.05, 0.1) is 19.3 Å². The first-order valence-corrected chi connectivity index (χ1v) is 17.4. The van der Waals surface area contributed by atoms with Crippen molar-refractivity contribution in [2.24, 2.45) is 0 Å². The number of rotatable bonds is 27. The van der Waals surface area contributed by atoms with Gasteiger partial charge in [0, 0.05) is 11.9 Å². The van der Waals surface area contributed by atoms with Crippen LogP contribution in [-0.2, 0) is 18.6 Å². The van der Waals surface area contributed by atoms with Crippen LogP contribution in [0.4, 0.5) is 4.79 Å². The van der Waals surface area contributed by atoms with Crippen LogP contribution >= 0.6 is 19.4 Å². The van der Waals surface area contributed by atoms with Crippen LogP contribution in [-0.4, -0.2) is 47.5 Å². The summed E-state index contributed by atoms with van der Waals surface area (Å²) in [6.07, 6.45) is 21.9. The molecule has 0 aliphatic heterocycles. The van der Waals surface area contributed by atoms with E-state index < -0.39 is 13.3 Å². The van der Waals surface area contributed by atoms with Gasteiger partial charge in [-0.05, 0) is 38.9 Å². The second kappa shape index (κ2) is 25.2. The number of hydrogen-bond donors (Lipinski definition) is 1. The zero-order chi connectivity index (χ0) is 26.9. The standard InChI is InChI=1S/C28H57O6PS/c1-5-8-10-12-14-15-16-18-20-24-36-27(21-19-17-13-11-9-6-2)22-23-33-26(4)25-34-35(30,31)28(29)32-7-3/h26-27H,5-25H2,1-4H3,(H,30,31). The van der Waals surface area contributed by atoms with Crippen LogP contribution < -0.4 is 0 Å². The van der Waals surface area contributed by atoms with Gasteiger partial charge in [-0.1, -0.05) is 104 Å². The van der Waals surface area contributed by atoms with Crippen molar-refractivity contribution in [3.05, 3.63) is 0 Å². The maximum absolute atomic E-state index is 11.9. The maximum atomic E-state index is 11.9. The van der Waals surface area contributed by atoms with Gasteiger partial charge in [-0.25, -0.2) is 9.36 Å². The zero-order valence-corrected chi connectivity index (χ0v) is 25.6. The molecule has 0 spiro atoms. The molecule has 36 heavy (non-hydrogen) atoms. The quantitative estimate of drug-likeness (QED) is 0.0802. The third kappa shape index (κ3) is 22.0. The van der Waals surface area contributed by atoms with E-state index in [-0.39, 0.29) is 19.3 Å². The van der Waals surface area contributed by atoms with E-state index in [4.69, 9.17) is 9.26 Å². The Morgan fingerprint density at radius 2 is 1.33 bits per heavy atom. The summed E-state index contributed by atoms with van der Waals surface area (Å²) >= 11 is 2.09. The normalized spacial score (nSPS) is 14.9. The van der Waals surface area contributed by atoms with Crippen LogP contribution in [0.25, 0.3) is 0 Å². The molecule has 3 unspecified atom stereocenters. The van der Waals surface area contributed by atoms with E-state index >= 15 is 0 Å². The van der Waals surface area contributed by atoms with Crippen LogP contribution in [0.3, 0.4) is 0 Å². The average Bonchev–Trinajstić information content (AvgIpc) is 2.85. The highest BCUT2D eigenvalue weighted by atomic mass is 32.2. The lowest BCUT2D eigenvalue weighted by molar-refractivity contribution is 0.0275. The summed E-state index contributed by atoms with van der Waals surface area (Å²) in [4.78, 5) is 21.2. The van der Waals surface area contributed by atoms with Gasteiger partial charge >= 0.3 is 13.3 Å². The second-order valence-electron chi connectivity index (χ2n) is 9.86. The van der Waals surface area contributed by atoms with Crippen molar-refractivity contribution < 1.29 is 28.3 Å². The van der Waals surface area contributed by atoms with Crippen molar-refractivity contribution in [3.8, 4) is 0 Å². The summed E-state index contributed by atoms with van der Waals surface area (Å²) < 4.78 is 27.2. The van der Waals surface area contributed by atoms with Gasteiger partial charge < -0.3 is 14.4 Å². The van der Waals surface area contributed by atoms with Crippen molar-refractivity contribution in [1.82, 2.24) is 0 Å². The summed E-state index contributed by atoms with van der Waals surface area (Å²) in [6, 6.07) is 0. The average molecular weight is 553 g/mol. The maximum Gasteiger partial charge on any atom is 0.435 e. The van der Waals surface area contributed by atoms with Crippen LogP contribution in [0.1, 0.15) is 137 Å². The molecule has 0 aromatic carbocycles. The van der Waals surface area contributed by atoms with Gasteiger partial charge in [0.2, 0.25) is 0 Å². The molecule has 3 atom stereocenters. The molecule has 0 radical (unpaired) electrons. The predicted octanol–water partition coefficient (Wildman–Crippen LogP) is 9.52. The highest BCUT2D eigenvalue weighted by Crippen LogP contribution is 2.44. The molecule has 0 saturated carbocycles. The fourth-order valence-corrected chi connectivity index (χ4v) is 6.15. The summed E-state index contributed by atoms with van der Waals surface area (Å²) in [5, 5.41) is 0.585. The van der Waals surface area contributed by atoms with E-state index in [0.29, 0.717) is 11.9 Å². The number of carbonyl (C=O) groups is 1. The molecular formula is C28H57O6PS. The van der Waals surface area contributed by atoms with E-state index in [1.165, 1.54) is 108 Å². The minimum atomic E-state index is -4.41. The first-order valence-electron chi connectivity index (χ1n) is 14.7. The van der Waals surface area contributed by atoms with Gasteiger partial charge in [0.25, 0.3) is 0 Å². The number of hydrogen-bond acceptors (Lipinski definition) is 6. The first kappa shape index (κ1) is 35.9. The predicted molar refractivity (Wildman–Crippen MR) is 154 cm³/mol. The smallest absolute Gasteiger partial charge is 0.435 e. The Bertz CT molecular complexity index is 548. The van der Waals surface area contributed by atoms with E-state index in [9.17, 15) is 14.3 Å². The SMILES string of the molecule is CCCCCCCCCCCSC(CCCCCCCC)CCOC(C)COP(=O)(O)C(=O)OCC. The van der Waals surface area contributed by atoms with Crippen LogP contribution in [0, 0.1) is 0 Å². The van der Waals surface area contributed by atoms with Crippen molar-refractivity contribution in [3.63, 3.8) is 0 Å². The van der Waals surface area contributed by atoms with Gasteiger partial charge in [-0.15, -0.1) is 0 Å². The number of thioether (sulfide) groups is 1. The van der Waals surface area contributed by atoms with Crippen molar-refractivity contribution in [1.29, 1.82) is 0 Å². The second-order valence-corrected chi connectivity index (χ2v) is 12.9. The Labute approximate surface area is 226 Å². The molecule has 0 aromatic rings. The zero-order valence-electron chi connectivity index (χ0n) is 23.8. The van der Waals surface area contributed by atoms with E-state index in [0.717, 1.165) is 6.42 Å². The van der Waals surface area contributed by atoms with Crippen molar-refractivity contribution in [2.75, 3.05) is 25.6 Å². The monoisotopic (exact) mass is 552 g/mol. The van der Waals surface area contributed by atoms with Crippen LogP contribution in [0.2, 0.25) is 0 Å². The molecular weight excluding hydrogens is 495 g/mol. The Morgan fingerprint density at radius 1 is 0.806 bits per heavy atom. The molecule has 0 saturated heterocycles. The third-order valence-electron chi connectivity index (χ3n) is 6.31. The molecule has 0 aromatic heterocycles. The summed E-state index contributed by atoms with van der Waals surface area (Å²) in [7, 11) is -4.41. The minimum absolute atomic E-state index is 0.0372. The Balaban J connectivity index is 4.21. The molecule has 0 aliphatic rings. The van der Waals surface area contributed by atoms with Gasteiger partial charge in [0.15, 0.2) is 0 Å². The number of ether oxygens (including phenoxy) is 2. The van der Waals surface area contributed by atoms with Crippen molar-refractivity contribution >= 4 is 25.1 Å². The van der Waals surface area contributed by atoms with E-state index in [1.807, 2.05) is 0 Å². The van der Waals surface area contributed by atoms with Gasteiger partial charge in [-0.3, -0.25) is 4.52 Å². The lowest BCUT2D eigenvalue weighted by atomic mass is 10.1. The molecule has 0 fully saturated rings. The molecule has 6 nitrogen and oxygen atoms in total. The highest BCUT2D eigenvalue weighted by Gasteiger charge is 2.33. The van der Waals surface area contributed by atoms with Gasteiger partial charge in [-0.2, -0.15) is 11.8 Å². The molecule has 1 N–H and O–H groups in total. The molecule has 216 valence electrons. The van der Waals surface area contributed by atoms with E-state index in [2.05, 4.69) is 30.3 Å². The van der Waals surface area contributed by atoms with Gasteiger partial charge in [0.1, 0.15) is 0 Å². The topological polar surface area (TPSA) is 82.1 Å².